The number of carbonyl (C=O) groups is 2. The fraction of sp³-hybridized carbons (Fsp3) is 0.846. The number of carbonyl (C=O) groups excluding carboxylic acids is 2. The highest BCUT2D eigenvalue weighted by Crippen LogP contribution is 2.17. The third-order valence-electron chi connectivity index (χ3n) is 14.3. The predicted molar refractivity (Wildman–Crippen MR) is 310 cm³/mol. The van der Waals surface area contributed by atoms with E-state index in [-0.39, 0.29) is 18.5 Å². The Morgan fingerprint density at radius 2 is 0.704 bits per heavy atom. The van der Waals surface area contributed by atoms with E-state index < -0.39 is 12.1 Å². The van der Waals surface area contributed by atoms with E-state index in [1.54, 1.807) is 6.08 Å². The van der Waals surface area contributed by atoms with Crippen LogP contribution in [-0.2, 0) is 14.3 Å². The normalized spacial score (nSPS) is 12.9. The molecule has 0 aliphatic heterocycles. The molecule has 2 atom stereocenters. The fourth-order valence-corrected chi connectivity index (χ4v) is 9.48. The van der Waals surface area contributed by atoms with E-state index >= 15 is 0 Å². The van der Waals surface area contributed by atoms with Crippen LogP contribution in [0.2, 0.25) is 0 Å². The van der Waals surface area contributed by atoms with Crippen molar-refractivity contribution in [1.29, 1.82) is 0 Å². The SMILES string of the molecule is CCCCCC/C=C\C/C=C\CCCCCCCCCC(=O)OCCCCCCCCCCCCCC/C=C\CCCCCCCCCCCCCC(=O)NC(CO)C(O)/C=C/CCCCCCCCC. The Morgan fingerprint density at radius 1 is 0.394 bits per heavy atom. The third-order valence-corrected chi connectivity index (χ3v) is 14.3. The molecule has 0 bridgehead atoms. The number of rotatable bonds is 58. The molecule has 416 valence electrons. The van der Waals surface area contributed by atoms with Crippen LogP contribution in [-0.4, -0.2) is 47.4 Å². The first-order valence-electron chi connectivity index (χ1n) is 31.4. The Bertz CT molecular complexity index is 1190. The van der Waals surface area contributed by atoms with Crippen LogP contribution in [0.1, 0.15) is 328 Å². The van der Waals surface area contributed by atoms with Gasteiger partial charge in [0.1, 0.15) is 0 Å². The van der Waals surface area contributed by atoms with Gasteiger partial charge in [0, 0.05) is 12.8 Å². The quantitative estimate of drug-likeness (QED) is 0.0321. The number of unbranched alkanes of at least 4 members (excludes halogenated alkanes) is 41. The van der Waals surface area contributed by atoms with E-state index in [9.17, 15) is 19.8 Å². The number of esters is 1. The first-order valence-corrected chi connectivity index (χ1v) is 31.4. The maximum atomic E-state index is 12.4. The molecule has 0 aromatic carbocycles. The zero-order valence-electron chi connectivity index (χ0n) is 47.5. The zero-order chi connectivity index (χ0) is 51.4. The number of allylic oxidation sites excluding steroid dienone is 7. The Labute approximate surface area is 442 Å². The highest BCUT2D eigenvalue weighted by molar-refractivity contribution is 5.76. The van der Waals surface area contributed by atoms with Gasteiger partial charge in [-0.25, -0.2) is 0 Å². The summed E-state index contributed by atoms with van der Waals surface area (Å²) in [6.07, 6.45) is 77.4. The van der Waals surface area contributed by atoms with Gasteiger partial charge in [-0.1, -0.05) is 274 Å². The van der Waals surface area contributed by atoms with Crippen LogP contribution in [0, 0.1) is 0 Å². The van der Waals surface area contributed by atoms with Crippen molar-refractivity contribution in [3.05, 3.63) is 48.6 Å². The van der Waals surface area contributed by atoms with Crippen molar-refractivity contribution in [1.82, 2.24) is 5.32 Å². The number of hydrogen-bond acceptors (Lipinski definition) is 5. The Morgan fingerprint density at radius 3 is 1.10 bits per heavy atom. The van der Waals surface area contributed by atoms with Gasteiger partial charge >= 0.3 is 5.97 Å². The van der Waals surface area contributed by atoms with Crippen LogP contribution in [0.3, 0.4) is 0 Å². The molecule has 0 saturated carbocycles. The highest BCUT2D eigenvalue weighted by Gasteiger charge is 2.18. The molecule has 0 heterocycles. The summed E-state index contributed by atoms with van der Waals surface area (Å²) in [4.78, 5) is 24.5. The summed E-state index contributed by atoms with van der Waals surface area (Å²) in [6, 6.07) is -0.627. The summed E-state index contributed by atoms with van der Waals surface area (Å²) in [6.45, 7) is 4.86. The standard InChI is InChI=1S/C65H121NO5/c1-3-5-7-9-11-13-14-15-16-17-30-33-36-39-43-47-51-55-59-65(70)71-60-56-52-48-44-40-37-34-31-28-26-24-22-20-18-19-21-23-25-27-29-32-35-38-42-46-50-54-58-64(69)66-62(61-67)63(68)57-53-49-45-41-12-10-8-6-4-2/h13-14,16-19,53,57,62-63,67-68H,3-12,15,20-52,54-56,58-61H2,1-2H3,(H,66,69)/b14-13-,17-16-,19-18-,57-53+. The van der Waals surface area contributed by atoms with E-state index in [4.69, 9.17) is 4.74 Å². The Balaban J connectivity index is 3.37. The summed E-state index contributed by atoms with van der Waals surface area (Å²) >= 11 is 0. The summed E-state index contributed by atoms with van der Waals surface area (Å²) in [5, 5.41) is 22.9. The molecule has 0 fully saturated rings. The molecule has 0 aromatic rings. The van der Waals surface area contributed by atoms with Gasteiger partial charge in [-0.2, -0.15) is 0 Å². The molecule has 3 N–H and O–H groups in total. The molecule has 0 radical (unpaired) electrons. The van der Waals surface area contributed by atoms with Crippen molar-refractivity contribution in [2.45, 2.75) is 341 Å². The smallest absolute Gasteiger partial charge is 0.305 e. The molecule has 0 aliphatic carbocycles. The van der Waals surface area contributed by atoms with Crippen LogP contribution < -0.4 is 5.32 Å². The average molecular weight is 997 g/mol. The number of aliphatic hydroxyl groups excluding tert-OH is 2. The minimum Gasteiger partial charge on any atom is -0.466 e. The van der Waals surface area contributed by atoms with Crippen LogP contribution >= 0.6 is 0 Å². The Hall–Kier alpha value is -2.18. The molecule has 0 aromatic heterocycles. The summed E-state index contributed by atoms with van der Waals surface area (Å²) in [5.41, 5.74) is 0. The topological polar surface area (TPSA) is 95.9 Å². The minimum atomic E-state index is -0.843. The molecule has 0 spiro atoms. The van der Waals surface area contributed by atoms with Gasteiger partial charge in [0.15, 0.2) is 0 Å². The maximum absolute atomic E-state index is 12.4. The van der Waals surface area contributed by atoms with Crippen molar-refractivity contribution in [3.8, 4) is 0 Å². The molecule has 0 aliphatic rings. The second-order valence-electron chi connectivity index (χ2n) is 21.4. The van der Waals surface area contributed by atoms with Crippen LogP contribution in [0.4, 0.5) is 0 Å². The lowest BCUT2D eigenvalue weighted by Crippen LogP contribution is -2.45. The van der Waals surface area contributed by atoms with Gasteiger partial charge < -0.3 is 20.3 Å². The number of amides is 1. The first kappa shape index (κ1) is 68.8. The van der Waals surface area contributed by atoms with E-state index in [2.05, 4.69) is 55.6 Å². The largest absolute Gasteiger partial charge is 0.466 e. The van der Waals surface area contributed by atoms with E-state index in [0.717, 1.165) is 51.4 Å². The molecular formula is C65H121NO5. The maximum Gasteiger partial charge on any atom is 0.305 e. The molecule has 6 nitrogen and oxygen atoms in total. The van der Waals surface area contributed by atoms with Gasteiger partial charge in [-0.05, 0) is 89.9 Å². The van der Waals surface area contributed by atoms with Gasteiger partial charge in [0.25, 0.3) is 0 Å². The van der Waals surface area contributed by atoms with Gasteiger partial charge in [0.05, 0.1) is 25.4 Å². The molecule has 0 saturated heterocycles. The molecule has 71 heavy (non-hydrogen) atoms. The highest BCUT2D eigenvalue weighted by atomic mass is 16.5. The van der Waals surface area contributed by atoms with E-state index in [1.807, 2.05) is 6.08 Å². The third kappa shape index (κ3) is 57.0. The second kappa shape index (κ2) is 60.4. The zero-order valence-corrected chi connectivity index (χ0v) is 47.5. The molecule has 6 heteroatoms. The number of aliphatic hydroxyl groups is 2. The minimum absolute atomic E-state index is 0.00696. The predicted octanol–water partition coefficient (Wildman–Crippen LogP) is 19.7. The second-order valence-corrected chi connectivity index (χ2v) is 21.4. The number of nitrogens with one attached hydrogen (secondary N) is 1. The van der Waals surface area contributed by atoms with E-state index in [0.29, 0.717) is 19.4 Å². The number of hydrogen-bond donors (Lipinski definition) is 3. The summed E-state index contributed by atoms with van der Waals surface area (Å²) in [7, 11) is 0. The van der Waals surface area contributed by atoms with Crippen LogP contribution in [0.15, 0.2) is 48.6 Å². The average Bonchev–Trinajstić information content (AvgIpc) is 3.37. The molecule has 2 unspecified atom stereocenters. The Kier molecular flexibility index (Phi) is 58.5. The first-order chi connectivity index (χ1) is 35.0. The van der Waals surface area contributed by atoms with Crippen LogP contribution in [0.5, 0.6) is 0 Å². The monoisotopic (exact) mass is 996 g/mol. The lowest BCUT2D eigenvalue weighted by molar-refractivity contribution is -0.143. The van der Waals surface area contributed by atoms with E-state index in [1.165, 1.54) is 250 Å². The van der Waals surface area contributed by atoms with Crippen molar-refractivity contribution >= 4 is 11.9 Å². The van der Waals surface area contributed by atoms with Gasteiger partial charge in [-0.15, -0.1) is 0 Å². The lowest BCUT2D eigenvalue weighted by Gasteiger charge is -2.20. The van der Waals surface area contributed by atoms with Crippen molar-refractivity contribution in [2.75, 3.05) is 13.2 Å². The van der Waals surface area contributed by atoms with Crippen molar-refractivity contribution in [3.63, 3.8) is 0 Å². The fourth-order valence-electron chi connectivity index (χ4n) is 9.48. The molecular weight excluding hydrogens is 875 g/mol. The van der Waals surface area contributed by atoms with Crippen molar-refractivity contribution < 1.29 is 24.5 Å². The summed E-state index contributed by atoms with van der Waals surface area (Å²) in [5.74, 6) is -0.0646. The lowest BCUT2D eigenvalue weighted by atomic mass is 10.0. The summed E-state index contributed by atoms with van der Waals surface area (Å²) < 4.78 is 5.49. The number of ether oxygens (including phenoxy) is 1. The molecule has 0 rings (SSSR count). The van der Waals surface area contributed by atoms with Crippen molar-refractivity contribution in [2.24, 2.45) is 0 Å². The van der Waals surface area contributed by atoms with Crippen LogP contribution in [0.25, 0.3) is 0 Å². The molecule has 1 amide bonds. The van der Waals surface area contributed by atoms with Gasteiger partial charge in [0.2, 0.25) is 5.91 Å². The van der Waals surface area contributed by atoms with Gasteiger partial charge in [-0.3, -0.25) is 9.59 Å².